The first-order valence-electron chi connectivity index (χ1n) is 18.9. The van der Waals surface area contributed by atoms with Crippen LogP contribution < -0.4 is 21.2 Å². The second kappa shape index (κ2) is 29.0. The molecule has 2 nitrogen and oxygen atoms in total. The first kappa shape index (κ1) is 51.8. The molecule has 2 N–H and O–H groups in total. The van der Waals surface area contributed by atoms with Crippen molar-refractivity contribution < 1.29 is 43.2 Å². The molecule has 0 spiro atoms. The van der Waals surface area contributed by atoms with E-state index in [9.17, 15) is 10.2 Å². The third-order valence-electron chi connectivity index (χ3n) is 9.00. The molecule has 0 aromatic heterocycles. The molecule has 312 valence electrons. The van der Waals surface area contributed by atoms with Crippen LogP contribution in [0.1, 0.15) is 17.5 Å². The van der Waals surface area contributed by atoms with Crippen LogP contribution in [0.4, 0.5) is 0 Å². The minimum atomic E-state index is -1.64. The number of hydrogen-bond donors (Lipinski definition) is 2. The second-order valence-electron chi connectivity index (χ2n) is 12.9. The summed E-state index contributed by atoms with van der Waals surface area (Å²) in [5.41, 5.74) is 1.92. The normalized spacial score (nSPS) is 10.8. The Labute approximate surface area is 387 Å². The Morgan fingerprint density at radius 1 is 0.328 bits per heavy atom. The van der Waals surface area contributed by atoms with Crippen LogP contribution >= 0.6 is 15.8 Å². The van der Waals surface area contributed by atoms with Crippen molar-refractivity contribution in [2.24, 2.45) is 0 Å². The zero-order chi connectivity index (χ0) is 39.3. The van der Waals surface area contributed by atoms with Crippen molar-refractivity contribution in [2.75, 3.05) is 0 Å². The van der Waals surface area contributed by atoms with Crippen molar-refractivity contribution in [1.29, 1.82) is 0 Å². The van der Waals surface area contributed by atoms with Gasteiger partial charge >= 0.3 is 33.0 Å². The molecule has 0 aliphatic heterocycles. The third kappa shape index (κ3) is 15.6. The molecule has 0 atom stereocenters. The van der Waals surface area contributed by atoms with E-state index in [2.05, 4.69) is 133 Å². The SMILES string of the molecule is OC(C/C(O)=C(\c1ccccc1)[PH+](c1ccccc1)c1ccccc1)=C(c1ccccc1)[PH+](c1ccccc1)c1ccccc1.[CH3-].[CH3-].[Ni+2].[Ni+2].[c-]1ccccc1.[c-]1ccccc1. The van der Waals surface area contributed by atoms with E-state index in [-0.39, 0.29) is 65.8 Å². The molecular formula is C55H52Ni2O2P2+2. The first-order chi connectivity index (χ1) is 28.2. The summed E-state index contributed by atoms with van der Waals surface area (Å²) in [6.45, 7) is 0. The molecule has 0 aliphatic rings. The number of aliphatic hydroxyl groups excluding tert-OH is 2. The van der Waals surface area contributed by atoms with Crippen LogP contribution in [0, 0.1) is 27.0 Å². The van der Waals surface area contributed by atoms with Gasteiger partial charge in [-0.05, 0) is 48.5 Å². The summed E-state index contributed by atoms with van der Waals surface area (Å²) in [6, 6.07) is 87.0. The zero-order valence-electron chi connectivity index (χ0n) is 34.3. The molecule has 0 radical (unpaired) electrons. The third-order valence-corrected chi connectivity index (χ3v) is 14.8. The van der Waals surface area contributed by atoms with E-state index in [4.69, 9.17) is 0 Å². The van der Waals surface area contributed by atoms with Crippen molar-refractivity contribution in [1.82, 2.24) is 0 Å². The van der Waals surface area contributed by atoms with E-state index in [1.807, 2.05) is 121 Å². The molecule has 8 rings (SSSR count). The molecule has 8 aromatic rings. The summed E-state index contributed by atoms with van der Waals surface area (Å²) in [6.07, 6.45) is 0.0239. The summed E-state index contributed by atoms with van der Waals surface area (Å²) < 4.78 is 0. The van der Waals surface area contributed by atoms with Gasteiger partial charge in [0.25, 0.3) is 0 Å². The van der Waals surface area contributed by atoms with Crippen LogP contribution in [0.25, 0.3) is 10.6 Å². The number of rotatable bonds is 10. The number of aliphatic hydroxyl groups is 2. The Bertz CT molecular complexity index is 2060. The van der Waals surface area contributed by atoms with E-state index in [1.165, 1.54) is 21.2 Å². The van der Waals surface area contributed by atoms with Crippen LogP contribution in [-0.4, -0.2) is 10.2 Å². The van der Waals surface area contributed by atoms with Gasteiger partial charge in [0, 0.05) is 11.1 Å². The number of benzene rings is 8. The molecule has 8 aromatic carbocycles. The Hall–Kier alpha value is -5.31. The Morgan fingerprint density at radius 2 is 0.541 bits per heavy atom. The fourth-order valence-corrected chi connectivity index (χ4v) is 12.1. The zero-order valence-corrected chi connectivity index (χ0v) is 38.3. The molecule has 0 saturated heterocycles. The van der Waals surface area contributed by atoms with Gasteiger partial charge in [-0.2, -0.15) is 72.8 Å². The Balaban J connectivity index is 0.000000691. The summed E-state index contributed by atoms with van der Waals surface area (Å²) in [5, 5.41) is 31.0. The van der Waals surface area contributed by atoms with Gasteiger partial charge in [-0.15, -0.1) is 0 Å². The molecular weight excluding hydrogens is 872 g/mol. The molecule has 0 aliphatic carbocycles. The van der Waals surface area contributed by atoms with E-state index in [0.717, 1.165) is 21.8 Å². The summed E-state index contributed by atoms with van der Waals surface area (Å²) in [5.74, 6) is 0.382. The fraction of sp³-hybridized carbons (Fsp3) is 0.0182. The maximum Gasteiger partial charge on any atom is 2.00 e. The van der Waals surface area contributed by atoms with Crippen LogP contribution in [0.3, 0.4) is 0 Å². The van der Waals surface area contributed by atoms with Gasteiger partial charge in [0.2, 0.25) is 0 Å². The smallest absolute Gasteiger partial charge is 0.508 e. The van der Waals surface area contributed by atoms with E-state index in [0.29, 0.717) is 0 Å². The van der Waals surface area contributed by atoms with E-state index in [1.54, 1.807) is 0 Å². The minimum absolute atomic E-state index is 0. The molecule has 0 bridgehead atoms. The summed E-state index contributed by atoms with van der Waals surface area (Å²) in [7, 11) is -3.29. The Morgan fingerprint density at radius 3 is 0.738 bits per heavy atom. The van der Waals surface area contributed by atoms with E-state index < -0.39 is 15.8 Å². The summed E-state index contributed by atoms with van der Waals surface area (Å²) in [4.78, 5) is 0. The average molecular weight is 924 g/mol. The molecule has 0 heterocycles. The molecule has 0 fully saturated rings. The fourth-order valence-electron chi connectivity index (χ4n) is 6.47. The van der Waals surface area contributed by atoms with Crippen molar-refractivity contribution in [2.45, 2.75) is 6.42 Å². The molecule has 0 saturated carbocycles. The predicted molar refractivity (Wildman–Crippen MR) is 261 cm³/mol. The predicted octanol–water partition coefficient (Wildman–Crippen LogP) is 12.8. The largest absolute Gasteiger partial charge is 2.00 e. The molecule has 0 unspecified atom stereocenters. The van der Waals surface area contributed by atoms with Gasteiger partial charge in [0.05, 0.1) is 6.42 Å². The topological polar surface area (TPSA) is 40.5 Å². The average Bonchev–Trinajstić information content (AvgIpc) is 3.30. The Kier molecular flexibility index (Phi) is 24.7. The van der Waals surface area contributed by atoms with Crippen molar-refractivity contribution >= 4 is 47.7 Å². The van der Waals surface area contributed by atoms with Gasteiger partial charge in [-0.1, -0.05) is 133 Å². The maximum absolute atomic E-state index is 12.3. The molecule has 6 heteroatoms. The van der Waals surface area contributed by atoms with Crippen LogP contribution in [0.15, 0.2) is 254 Å². The van der Waals surface area contributed by atoms with Gasteiger partial charge in [-0.25, -0.2) is 0 Å². The molecule has 61 heavy (non-hydrogen) atoms. The molecule has 0 amide bonds. The minimum Gasteiger partial charge on any atom is -0.508 e. The number of hydrogen-bond acceptors (Lipinski definition) is 2. The van der Waals surface area contributed by atoms with Crippen molar-refractivity contribution in [3.05, 3.63) is 292 Å². The van der Waals surface area contributed by atoms with Crippen molar-refractivity contribution in [3.8, 4) is 0 Å². The van der Waals surface area contributed by atoms with Gasteiger partial charge < -0.3 is 25.1 Å². The van der Waals surface area contributed by atoms with Crippen LogP contribution in [0.5, 0.6) is 0 Å². The maximum atomic E-state index is 12.3. The summed E-state index contributed by atoms with van der Waals surface area (Å²) >= 11 is 0. The van der Waals surface area contributed by atoms with Gasteiger partial charge in [0.1, 0.15) is 59.2 Å². The van der Waals surface area contributed by atoms with Gasteiger partial charge in [0.15, 0.2) is 0 Å². The second-order valence-corrected chi connectivity index (χ2v) is 17.7. The first-order valence-corrected chi connectivity index (χ1v) is 21.9. The standard InChI is InChI=1S/C41H34O2P2.2C6H5.2CH3.2Ni/c42-38(40(32-19-7-1-8-20-32)44(34-23-11-3-12-24-34)35-25-13-4-14-26-35)31-39(43)41(33-21-9-2-10-22-33)45(36-27-15-5-16-28-36)37-29-17-6-18-30-37;2*1-2-4-6-5-3-1;;;;/h1-30,42-43H,31H2;2*1-5H;2*1H3;;/q;4*-1;2*+2/p+2/b40-38-,41-39?;;;;;;. The quantitative estimate of drug-likeness (QED) is 0.0621. The van der Waals surface area contributed by atoms with Crippen LogP contribution in [-0.2, 0) is 33.0 Å². The van der Waals surface area contributed by atoms with Crippen molar-refractivity contribution in [3.63, 3.8) is 0 Å². The monoisotopic (exact) mass is 922 g/mol. The van der Waals surface area contributed by atoms with Gasteiger partial charge in [-0.3, -0.25) is 0 Å². The van der Waals surface area contributed by atoms with Crippen LogP contribution in [0.2, 0.25) is 0 Å². The van der Waals surface area contributed by atoms with E-state index >= 15 is 0 Å².